The van der Waals surface area contributed by atoms with Gasteiger partial charge in [-0.15, -0.1) is 0 Å². The number of sulfonamides is 1. The van der Waals surface area contributed by atoms with E-state index in [9.17, 15) is 22.8 Å². The number of benzene rings is 1. The van der Waals surface area contributed by atoms with Gasteiger partial charge in [0.1, 0.15) is 0 Å². The Morgan fingerprint density at radius 2 is 1.54 bits per heavy atom. The van der Waals surface area contributed by atoms with Crippen LogP contribution in [0.4, 0.5) is 0 Å². The summed E-state index contributed by atoms with van der Waals surface area (Å²) in [5, 5.41) is -0.227. The third-order valence-corrected chi connectivity index (χ3v) is 7.95. The molecular weight excluding hydrogens is 382 g/mol. The number of carbonyl (C=O) groups excluding carboxylic acids is 3. The molecule has 3 amide bonds. The van der Waals surface area contributed by atoms with Crippen LogP contribution in [0.2, 0.25) is 0 Å². The van der Waals surface area contributed by atoms with Gasteiger partial charge in [0, 0.05) is 39.1 Å². The highest BCUT2D eigenvalue weighted by atomic mass is 32.2. The van der Waals surface area contributed by atoms with E-state index < -0.39 is 10.0 Å². The quantitative estimate of drug-likeness (QED) is 0.650. The average Bonchev–Trinajstić information content (AvgIpc) is 3.53. The van der Waals surface area contributed by atoms with Crippen molar-refractivity contribution in [2.45, 2.75) is 30.9 Å². The molecule has 150 valence electrons. The van der Waals surface area contributed by atoms with Gasteiger partial charge in [0.05, 0.1) is 16.4 Å². The molecule has 9 heteroatoms. The lowest BCUT2D eigenvalue weighted by atomic mass is 10.1. The first-order valence-corrected chi connectivity index (χ1v) is 11.1. The number of nitrogens with zero attached hydrogens (tertiary/aromatic N) is 3. The van der Waals surface area contributed by atoms with E-state index in [1.807, 2.05) is 0 Å². The van der Waals surface area contributed by atoms with Crippen molar-refractivity contribution in [2.75, 3.05) is 32.7 Å². The van der Waals surface area contributed by atoms with Crippen molar-refractivity contribution in [3.63, 3.8) is 0 Å². The summed E-state index contributed by atoms with van der Waals surface area (Å²) in [5.41, 5.74) is 0.818. The molecule has 0 unspecified atom stereocenters. The fourth-order valence-corrected chi connectivity index (χ4v) is 5.58. The molecule has 2 fully saturated rings. The minimum Gasteiger partial charge on any atom is -0.340 e. The molecular formula is C19H23N3O5S. The van der Waals surface area contributed by atoms with Crippen LogP contribution in [0.25, 0.3) is 0 Å². The predicted molar refractivity (Wildman–Crippen MR) is 101 cm³/mol. The normalized spacial score (nSPS) is 20.6. The maximum Gasteiger partial charge on any atom is 0.261 e. The highest BCUT2D eigenvalue weighted by molar-refractivity contribution is 7.90. The molecule has 0 bridgehead atoms. The molecule has 0 radical (unpaired) electrons. The number of hydrogen-bond donors (Lipinski definition) is 0. The fraction of sp³-hybridized carbons (Fsp3) is 0.526. The molecule has 2 aliphatic heterocycles. The minimum atomic E-state index is -3.19. The second kappa shape index (κ2) is 7.29. The summed E-state index contributed by atoms with van der Waals surface area (Å²) in [4.78, 5) is 39.9. The van der Waals surface area contributed by atoms with E-state index in [0.29, 0.717) is 43.7 Å². The Morgan fingerprint density at radius 3 is 2.07 bits per heavy atom. The number of fused-ring (bicyclic) bond motifs is 1. The van der Waals surface area contributed by atoms with Crippen molar-refractivity contribution in [1.29, 1.82) is 0 Å². The summed E-state index contributed by atoms with van der Waals surface area (Å²) in [6.45, 7) is 1.65. The zero-order valence-corrected chi connectivity index (χ0v) is 16.4. The number of hydrogen-bond acceptors (Lipinski definition) is 5. The Labute approximate surface area is 164 Å². The highest BCUT2D eigenvalue weighted by Gasteiger charge is 2.41. The topological polar surface area (TPSA) is 95.1 Å². The van der Waals surface area contributed by atoms with Crippen molar-refractivity contribution >= 4 is 27.7 Å². The smallest absolute Gasteiger partial charge is 0.261 e. The summed E-state index contributed by atoms with van der Waals surface area (Å²) in [7, 11) is -3.19. The number of imide groups is 1. The zero-order chi connectivity index (χ0) is 19.9. The number of carbonyl (C=O) groups is 3. The molecule has 2 heterocycles. The Bertz CT molecular complexity index is 882. The Hall–Kier alpha value is -2.26. The standard InChI is InChI=1S/C19H23N3O5S/c23-17(20-10-12-21(13-11-20)28(26,27)14-7-8-14)6-3-9-22-18(24)15-4-1-2-5-16(15)19(22)25/h1-2,4-5,14H,3,6-13H2. The van der Waals surface area contributed by atoms with E-state index in [4.69, 9.17) is 0 Å². The van der Waals surface area contributed by atoms with Crippen LogP contribution in [-0.2, 0) is 14.8 Å². The van der Waals surface area contributed by atoms with Gasteiger partial charge in [0.15, 0.2) is 0 Å². The summed E-state index contributed by atoms with van der Waals surface area (Å²) < 4.78 is 26.0. The van der Waals surface area contributed by atoms with Gasteiger partial charge < -0.3 is 4.90 Å². The van der Waals surface area contributed by atoms with Crippen LogP contribution in [0.3, 0.4) is 0 Å². The lowest BCUT2D eigenvalue weighted by Gasteiger charge is -2.34. The number of rotatable bonds is 6. The molecule has 28 heavy (non-hydrogen) atoms. The Kier molecular flexibility index (Phi) is 4.96. The van der Waals surface area contributed by atoms with Gasteiger partial charge in [-0.25, -0.2) is 8.42 Å². The van der Waals surface area contributed by atoms with Gasteiger partial charge >= 0.3 is 0 Å². The largest absolute Gasteiger partial charge is 0.340 e. The molecule has 1 aromatic rings. The molecule has 1 aliphatic carbocycles. The van der Waals surface area contributed by atoms with E-state index in [-0.39, 0.29) is 35.9 Å². The molecule has 1 aromatic carbocycles. The summed E-state index contributed by atoms with van der Waals surface area (Å²) in [6, 6.07) is 6.71. The maximum atomic E-state index is 12.4. The molecule has 3 aliphatic rings. The maximum absolute atomic E-state index is 12.4. The van der Waals surface area contributed by atoms with Crippen LogP contribution in [0.5, 0.6) is 0 Å². The summed E-state index contributed by atoms with van der Waals surface area (Å²) >= 11 is 0. The van der Waals surface area contributed by atoms with E-state index in [1.54, 1.807) is 29.2 Å². The highest BCUT2D eigenvalue weighted by Crippen LogP contribution is 2.31. The minimum absolute atomic E-state index is 0.0694. The predicted octanol–water partition coefficient (Wildman–Crippen LogP) is 0.699. The van der Waals surface area contributed by atoms with Gasteiger partial charge in [-0.2, -0.15) is 4.31 Å². The average molecular weight is 405 g/mol. The SMILES string of the molecule is O=C(CCCN1C(=O)c2ccccc2C1=O)N1CCN(S(=O)(=O)C2CC2)CC1. The number of piperazine rings is 1. The van der Waals surface area contributed by atoms with Crippen LogP contribution in [-0.4, -0.2) is 78.2 Å². The lowest BCUT2D eigenvalue weighted by Crippen LogP contribution is -2.51. The number of amides is 3. The molecule has 0 atom stereocenters. The third kappa shape index (κ3) is 3.44. The van der Waals surface area contributed by atoms with E-state index in [0.717, 1.165) is 12.8 Å². The van der Waals surface area contributed by atoms with Crippen molar-refractivity contribution in [3.05, 3.63) is 35.4 Å². The molecule has 0 spiro atoms. The van der Waals surface area contributed by atoms with Gasteiger partial charge in [-0.1, -0.05) is 12.1 Å². The van der Waals surface area contributed by atoms with Gasteiger partial charge in [-0.3, -0.25) is 19.3 Å². The van der Waals surface area contributed by atoms with Crippen molar-refractivity contribution in [3.8, 4) is 0 Å². The van der Waals surface area contributed by atoms with Crippen molar-refractivity contribution < 1.29 is 22.8 Å². The Morgan fingerprint density at radius 1 is 0.964 bits per heavy atom. The van der Waals surface area contributed by atoms with E-state index in [1.165, 1.54) is 9.21 Å². The van der Waals surface area contributed by atoms with Gasteiger partial charge in [-0.05, 0) is 31.4 Å². The Balaban J connectivity index is 1.25. The third-order valence-electron chi connectivity index (χ3n) is 5.55. The molecule has 0 N–H and O–H groups in total. The molecule has 1 saturated heterocycles. The molecule has 1 saturated carbocycles. The monoisotopic (exact) mass is 405 g/mol. The van der Waals surface area contributed by atoms with Crippen molar-refractivity contribution in [2.24, 2.45) is 0 Å². The van der Waals surface area contributed by atoms with Crippen LogP contribution >= 0.6 is 0 Å². The van der Waals surface area contributed by atoms with Crippen molar-refractivity contribution in [1.82, 2.24) is 14.1 Å². The fourth-order valence-electron chi connectivity index (χ4n) is 3.76. The molecule has 4 rings (SSSR count). The molecule has 0 aromatic heterocycles. The first kappa shape index (κ1) is 19.1. The zero-order valence-electron chi connectivity index (χ0n) is 15.5. The molecule has 8 nitrogen and oxygen atoms in total. The summed E-state index contributed by atoms with van der Waals surface area (Å²) in [5.74, 6) is -0.695. The van der Waals surface area contributed by atoms with Crippen LogP contribution in [0.1, 0.15) is 46.4 Å². The lowest BCUT2D eigenvalue weighted by molar-refractivity contribution is -0.132. The van der Waals surface area contributed by atoms with E-state index >= 15 is 0 Å². The van der Waals surface area contributed by atoms with Crippen LogP contribution in [0.15, 0.2) is 24.3 Å². The van der Waals surface area contributed by atoms with Crippen LogP contribution in [0, 0.1) is 0 Å². The van der Waals surface area contributed by atoms with Gasteiger partial charge in [0.2, 0.25) is 15.9 Å². The second-order valence-corrected chi connectivity index (χ2v) is 9.65. The second-order valence-electron chi connectivity index (χ2n) is 7.44. The first-order valence-electron chi connectivity index (χ1n) is 9.61. The van der Waals surface area contributed by atoms with E-state index in [2.05, 4.69) is 0 Å². The van der Waals surface area contributed by atoms with Gasteiger partial charge in [0.25, 0.3) is 11.8 Å². The first-order chi connectivity index (χ1) is 13.4. The van der Waals surface area contributed by atoms with Crippen LogP contribution < -0.4 is 0 Å². The summed E-state index contributed by atoms with van der Waals surface area (Å²) in [6.07, 6.45) is 2.09.